The number of ether oxygens (including phenoxy) is 1. The Morgan fingerprint density at radius 2 is 2.29 bits per heavy atom. The van der Waals surface area contributed by atoms with Gasteiger partial charge in [0.25, 0.3) is 0 Å². The zero-order valence-corrected chi connectivity index (χ0v) is 9.28. The molecule has 0 aliphatic carbocycles. The predicted octanol–water partition coefficient (Wildman–Crippen LogP) is 3.54. The van der Waals surface area contributed by atoms with Gasteiger partial charge in [0.1, 0.15) is 10.1 Å². The van der Waals surface area contributed by atoms with Crippen LogP contribution in [0.1, 0.15) is 6.92 Å². The minimum atomic E-state index is 0.632. The molecule has 0 aliphatic rings. The maximum Gasteiger partial charge on any atom is 0.137 e. The van der Waals surface area contributed by atoms with Crippen molar-refractivity contribution in [2.45, 2.75) is 6.92 Å². The average Bonchev–Trinajstić information content (AvgIpc) is 2.46. The molecule has 2 aromatic rings. The van der Waals surface area contributed by atoms with Crippen LogP contribution in [0.25, 0.3) is 10.1 Å². The maximum atomic E-state index is 5.96. The van der Waals surface area contributed by atoms with E-state index < -0.39 is 0 Å². The zero-order chi connectivity index (χ0) is 10.1. The van der Waals surface area contributed by atoms with Gasteiger partial charge >= 0.3 is 0 Å². The maximum absolute atomic E-state index is 5.96. The van der Waals surface area contributed by atoms with Crippen molar-refractivity contribution in [3.63, 3.8) is 0 Å². The third kappa shape index (κ3) is 1.42. The Morgan fingerprint density at radius 1 is 1.50 bits per heavy atom. The van der Waals surface area contributed by atoms with Gasteiger partial charge in [0.2, 0.25) is 0 Å². The Kier molecular flexibility index (Phi) is 2.52. The minimum absolute atomic E-state index is 0.632. The van der Waals surface area contributed by atoms with E-state index >= 15 is 0 Å². The molecule has 0 spiro atoms. The highest BCUT2D eigenvalue weighted by molar-refractivity contribution is 7.23. The Balaban J connectivity index is 2.68. The van der Waals surface area contributed by atoms with Crippen molar-refractivity contribution in [1.82, 2.24) is 0 Å². The summed E-state index contributed by atoms with van der Waals surface area (Å²) >= 11 is 7.42. The molecule has 0 radical (unpaired) electrons. The summed E-state index contributed by atoms with van der Waals surface area (Å²) in [4.78, 5) is 0. The molecule has 0 unspecified atom stereocenters. The van der Waals surface area contributed by atoms with Crippen molar-refractivity contribution in [3.05, 3.63) is 22.5 Å². The molecule has 0 atom stereocenters. The third-order valence-electron chi connectivity index (χ3n) is 1.97. The van der Waals surface area contributed by atoms with E-state index in [1.54, 1.807) is 0 Å². The Labute approximate surface area is 91.2 Å². The van der Waals surface area contributed by atoms with Crippen molar-refractivity contribution < 1.29 is 4.74 Å². The lowest BCUT2D eigenvalue weighted by molar-refractivity contribution is 0.345. The van der Waals surface area contributed by atoms with Crippen molar-refractivity contribution in [2.75, 3.05) is 12.3 Å². The quantitative estimate of drug-likeness (QED) is 0.852. The molecule has 2 rings (SSSR count). The second-order valence-corrected chi connectivity index (χ2v) is 4.48. The van der Waals surface area contributed by atoms with Crippen LogP contribution in [0.3, 0.4) is 0 Å². The smallest absolute Gasteiger partial charge is 0.137 e. The topological polar surface area (TPSA) is 35.2 Å². The van der Waals surface area contributed by atoms with Crippen molar-refractivity contribution >= 4 is 38.7 Å². The summed E-state index contributed by atoms with van der Waals surface area (Å²) in [5.74, 6) is 0.855. The summed E-state index contributed by atoms with van der Waals surface area (Å²) in [6, 6.07) is 5.81. The van der Waals surface area contributed by atoms with Gasteiger partial charge in [0.05, 0.1) is 17.0 Å². The number of anilines is 1. The number of nitrogens with two attached hydrogens (primary N) is 1. The van der Waals surface area contributed by atoms with Crippen LogP contribution in [0.2, 0.25) is 4.34 Å². The van der Waals surface area contributed by atoms with E-state index in [-0.39, 0.29) is 0 Å². The zero-order valence-electron chi connectivity index (χ0n) is 7.71. The van der Waals surface area contributed by atoms with Crippen LogP contribution in [0.15, 0.2) is 18.2 Å². The lowest BCUT2D eigenvalue weighted by atomic mass is 10.2. The number of benzene rings is 1. The van der Waals surface area contributed by atoms with Gasteiger partial charge in [-0.1, -0.05) is 23.7 Å². The molecule has 0 saturated carbocycles. The first-order valence-corrected chi connectivity index (χ1v) is 5.52. The Hall–Kier alpha value is -0.930. The number of hydrogen-bond acceptors (Lipinski definition) is 3. The minimum Gasteiger partial charge on any atom is -0.492 e. The van der Waals surface area contributed by atoms with E-state index in [2.05, 4.69) is 0 Å². The van der Waals surface area contributed by atoms with Gasteiger partial charge in [-0.2, -0.15) is 0 Å². The van der Waals surface area contributed by atoms with Crippen LogP contribution in [0.5, 0.6) is 5.75 Å². The summed E-state index contributed by atoms with van der Waals surface area (Å²) in [5, 5.41) is 0.978. The van der Waals surface area contributed by atoms with Crippen LogP contribution in [0, 0.1) is 0 Å². The summed E-state index contributed by atoms with van der Waals surface area (Å²) in [5.41, 5.74) is 6.47. The largest absolute Gasteiger partial charge is 0.492 e. The van der Waals surface area contributed by atoms with E-state index in [4.69, 9.17) is 22.1 Å². The number of fused-ring (bicyclic) bond motifs is 1. The fourth-order valence-corrected chi connectivity index (χ4v) is 2.60. The summed E-state index contributed by atoms with van der Waals surface area (Å²) in [7, 11) is 0. The number of rotatable bonds is 2. The molecule has 74 valence electrons. The van der Waals surface area contributed by atoms with Crippen LogP contribution < -0.4 is 10.5 Å². The second-order valence-electron chi connectivity index (χ2n) is 2.86. The van der Waals surface area contributed by atoms with E-state index in [0.29, 0.717) is 16.6 Å². The van der Waals surface area contributed by atoms with Gasteiger partial charge < -0.3 is 10.5 Å². The van der Waals surface area contributed by atoms with Crippen LogP contribution in [-0.2, 0) is 0 Å². The fraction of sp³-hybridized carbons (Fsp3) is 0.200. The molecule has 4 heteroatoms. The summed E-state index contributed by atoms with van der Waals surface area (Å²) in [6.45, 7) is 2.60. The molecule has 2 nitrogen and oxygen atoms in total. The summed E-state index contributed by atoms with van der Waals surface area (Å²) < 4.78 is 7.14. The molecule has 0 amide bonds. The first-order chi connectivity index (χ1) is 6.74. The summed E-state index contributed by atoms with van der Waals surface area (Å²) in [6.07, 6.45) is 0. The fourth-order valence-electron chi connectivity index (χ4n) is 1.35. The van der Waals surface area contributed by atoms with Gasteiger partial charge in [-0.25, -0.2) is 0 Å². The van der Waals surface area contributed by atoms with E-state index in [1.165, 1.54) is 11.3 Å². The van der Waals surface area contributed by atoms with E-state index in [1.807, 2.05) is 25.1 Å². The van der Waals surface area contributed by atoms with E-state index in [0.717, 1.165) is 15.8 Å². The molecule has 14 heavy (non-hydrogen) atoms. The normalized spacial score (nSPS) is 10.7. The highest BCUT2D eigenvalue weighted by Crippen LogP contribution is 2.41. The van der Waals surface area contributed by atoms with E-state index in [9.17, 15) is 0 Å². The predicted molar refractivity (Wildman–Crippen MR) is 62.4 cm³/mol. The monoisotopic (exact) mass is 227 g/mol. The molecule has 0 aliphatic heterocycles. The molecule has 1 heterocycles. The third-order valence-corrected chi connectivity index (χ3v) is 3.43. The SMILES string of the molecule is CCOc1cccc2c(N)c(Cl)sc12. The molecular weight excluding hydrogens is 218 g/mol. The van der Waals surface area contributed by atoms with Crippen LogP contribution in [-0.4, -0.2) is 6.61 Å². The number of nitrogen functional groups attached to an aromatic ring is 1. The van der Waals surface area contributed by atoms with Crippen molar-refractivity contribution in [3.8, 4) is 5.75 Å². The van der Waals surface area contributed by atoms with Gasteiger partial charge in [-0.15, -0.1) is 11.3 Å². The Morgan fingerprint density at radius 3 is 3.00 bits per heavy atom. The van der Waals surface area contributed by atoms with Crippen molar-refractivity contribution in [2.24, 2.45) is 0 Å². The van der Waals surface area contributed by atoms with Crippen LogP contribution >= 0.6 is 22.9 Å². The molecule has 1 aromatic carbocycles. The number of thiophene rings is 1. The highest BCUT2D eigenvalue weighted by Gasteiger charge is 2.10. The Bertz CT molecular complexity index is 466. The molecule has 2 N–H and O–H groups in total. The highest BCUT2D eigenvalue weighted by atomic mass is 35.5. The first-order valence-electron chi connectivity index (χ1n) is 4.33. The van der Waals surface area contributed by atoms with Gasteiger partial charge in [-0.05, 0) is 13.0 Å². The van der Waals surface area contributed by atoms with Crippen molar-refractivity contribution in [1.29, 1.82) is 0 Å². The lowest BCUT2D eigenvalue weighted by Crippen LogP contribution is -1.90. The molecule has 0 bridgehead atoms. The van der Waals surface area contributed by atoms with Gasteiger partial charge in [0, 0.05) is 5.39 Å². The lowest BCUT2D eigenvalue weighted by Gasteiger charge is -2.03. The van der Waals surface area contributed by atoms with Crippen LogP contribution in [0.4, 0.5) is 5.69 Å². The average molecular weight is 228 g/mol. The molecule has 1 aromatic heterocycles. The molecule has 0 fully saturated rings. The second kappa shape index (κ2) is 3.67. The molecule has 0 saturated heterocycles. The number of halogens is 1. The standard InChI is InChI=1S/C10H10ClNOS/c1-2-13-7-5-3-4-6-8(12)10(11)14-9(6)7/h3-5H,2,12H2,1H3. The van der Waals surface area contributed by atoms with Gasteiger partial charge in [0.15, 0.2) is 0 Å². The molecular formula is C10H10ClNOS. The van der Waals surface area contributed by atoms with Gasteiger partial charge in [-0.3, -0.25) is 0 Å². The first kappa shape index (κ1) is 9.62. The number of hydrogen-bond donors (Lipinski definition) is 1.